The predicted molar refractivity (Wildman–Crippen MR) is 36.6 cm³/mol. The van der Waals surface area contributed by atoms with Crippen LogP contribution < -0.4 is 0 Å². The Bertz CT molecular complexity index is 386. The van der Waals surface area contributed by atoms with E-state index in [1.807, 2.05) is 6.07 Å². The zero-order valence-corrected chi connectivity index (χ0v) is 6.27. The standard InChI is InChI=1S/C7H6O2S/c1-5-2-3-6-4-7(5)10(6,8)9/h2-4H,1H3. The first-order chi connectivity index (χ1) is 4.62. The summed E-state index contributed by atoms with van der Waals surface area (Å²) in [4.78, 5) is 0.943. The first-order valence-electron chi connectivity index (χ1n) is 2.98. The first kappa shape index (κ1) is 5.92. The van der Waals surface area contributed by atoms with Crippen molar-refractivity contribution in [3.63, 3.8) is 0 Å². The number of hydrogen-bond donors (Lipinski definition) is 0. The van der Waals surface area contributed by atoms with Crippen molar-refractivity contribution in [2.45, 2.75) is 16.7 Å². The van der Waals surface area contributed by atoms with Crippen LogP contribution in [0.2, 0.25) is 0 Å². The van der Waals surface area contributed by atoms with E-state index in [2.05, 4.69) is 0 Å². The molecule has 0 fully saturated rings. The van der Waals surface area contributed by atoms with E-state index in [9.17, 15) is 8.42 Å². The van der Waals surface area contributed by atoms with Gasteiger partial charge in [0, 0.05) is 0 Å². The van der Waals surface area contributed by atoms with Crippen LogP contribution in [0, 0.1) is 6.92 Å². The number of rotatable bonds is 0. The molecule has 0 amide bonds. The van der Waals surface area contributed by atoms with E-state index in [4.69, 9.17) is 0 Å². The van der Waals surface area contributed by atoms with Gasteiger partial charge in [-0.3, -0.25) is 0 Å². The SMILES string of the molecule is Cc1ccc2cc1S2(=O)=O. The van der Waals surface area contributed by atoms with Gasteiger partial charge in [0.1, 0.15) is 0 Å². The summed E-state index contributed by atoms with van der Waals surface area (Å²) in [6, 6.07) is 5.16. The fraction of sp³-hybridized carbons (Fsp3) is 0.143. The van der Waals surface area contributed by atoms with Crippen molar-refractivity contribution in [2.75, 3.05) is 0 Å². The molecule has 0 spiro atoms. The Kier molecular flexibility index (Phi) is 0.843. The molecule has 0 radical (unpaired) electrons. The van der Waals surface area contributed by atoms with Gasteiger partial charge >= 0.3 is 0 Å². The highest BCUT2D eigenvalue weighted by Crippen LogP contribution is 2.33. The van der Waals surface area contributed by atoms with Gasteiger partial charge in [-0.2, -0.15) is 0 Å². The van der Waals surface area contributed by atoms with Gasteiger partial charge in [0.25, 0.3) is 0 Å². The van der Waals surface area contributed by atoms with Crippen LogP contribution in [0.4, 0.5) is 0 Å². The lowest BCUT2D eigenvalue weighted by atomic mass is 10.2. The molecular weight excluding hydrogens is 148 g/mol. The van der Waals surface area contributed by atoms with Crippen molar-refractivity contribution >= 4 is 9.84 Å². The summed E-state index contributed by atoms with van der Waals surface area (Å²) in [7, 11) is -2.96. The summed E-state index contributed by atoms with van der Waals surface area (Å²) in [6.45, 7) is 1.80. The second-order valence-corrected chi connectivity index (χ2v) is 4.35. The van der Waals surface area contributed by atoms with Gasteiger partial charge in [0.05, 0.1) is 9.79 Å². The Labute approximate surface area is 59.4 Å². The molecule has 0 unspecified atom stereocenters. The smallest absolute Gasteiger partial charge is 0.206 e. The number of hydrogen-bond acceptors (Lipinski definition) is 2. The van der Waals surface area contributed by atoms with Gasteiger partial charge in [-0.05, 0) is 24.6 Å². The van der Waals surface area contributed by atoms with Crippen LogP contribution in [0.3, 0.4) is 0 Å². The van der Waals surface area contributed by atoms with Crippen molar-refractivity contribution < 1.29 is 8.42 Å². The molecule has 3 rings (SSSR count). The lowest BCUT2D eigenvalue weighted by molar-refractivity contribution is 0.587. The van der Waals surface area contributed by atoms with Crippen molar-refractivity contribution in [2.24, 2.45) is 0 Å². The minimum atomic E-state index is -2.96. The maximum absolute atomic E-state index is 11.1. The van der Waals surface area contributed by atoms with Crippen molar-refractivity contribution in [1.82, 2.24) is 0 Å². The maximum Gasteiger partial charge on any atom is 0.206 e. The molecule has 1 aromatic carbocycles. The molecule has 0 atom stereocenters. The van der Waals surface area contributed by atoms with Gasteiger partial charge in [-0.25, -0.2) is 8.42 Å². The molecule has 0 saturated heterocycles. The summed E-state index contributed by atoms with van der Waals surface area (Å²) < 4.78 is 22.1. The molecule has 2 bridgehead atoms. The van der Waals surface area contributed by atoms with E-state index in [1.54, 1.807) is 19.1 Å². The molecule has 0 saturated carbocycles. The van der Waals surface area contributed by atoms with E-state index in [-0.39, 0.29) is 0 Å². The van der Waals surface area contributed by atoms with Crippen LogP contribution >= 0.6 is 0 Å². The van der Waals surface area contributed by atoms with Gasteiger partial charge in [-0.1, -0.05) is 6.07 Å². The highest BCUT2D eigenvalue weighted by Gasteiger charge is 2.29. The molecule has 2 aliphatic heterocycles. The van der Waals surface area contributed by atoms with Crippen LogP contribution in [0.25, 0.3) is 0 Å². The van der Waals surface area contributed by atoms with Crippen LogP contribution in [-0.2, 0) is 9.84 Å². The Morgan fingerprint density at radius 1 is 1.30 bits per heavy atom. The Morgan fingerprint density at radius 3 is 2.30 bits per heavy atom. The zero-order chi connectivity index (χ0) is 7.35. The van der Waals surface area contributed by atoms with Gasteiger partial charge < -0.3 is 0 Å². The van der Waals surface area contributed by atoms with E-state index in [0.717, 1.165) is 5.56 Å². The average Bonchev–Trinajstić information content (AvgIpc) is 1.87. The van der Waals surface area contributed by atoms with E-state index in [0.29, 0.717) is 9.79 Å². The largest absolute Gasteiger partial charge is 0.219 e. The van der Waals surface area contributed by atoms with Gasteiger partial charge in [0.15, 0.2) is 0 Å². The topological polar surface area (TPSA) is 34.1 Å². The quantitative estimate of drug-likeness (QED) is 0.570. The fourth-order valence-corrected chi connectivity index (χ4v) is 2.47. The van der Waals surface area contributed by atoms with Crippen molar-refractivity contribution in [3.8, 4) is 0 Å². The zero-order valence-electron chi connectivity index (χ0n) is 5.46. The third kappa shape index (κ3) is 0.467. The fourth-order valence-electron chi connectivity index (χ4n) is 1.11. The molecule has 2 aliphatic rings. The van der Waals surface area contributed by atoms with Crippen LogP contribution in [0.5, 0.6) is 0 Å². The molecular formula is C7H6O2S. The lowest BCUT2D eigenvalue weighted by Gasteiger charge is -2.16. The molecule has 2 nitrogen and oxygen atoms in total. The van der Waals surface area contributed by atoms with E-state index >= 15 is 0 Å². The molecule has 10 heavy (non-hydrogen) atoms. The summed E-state index contributed by atoms with van der Waals surface area (Å²) in [5, 5.41) is 0. The number of fused-ring (bicyclic) bond motifs is 2. The highest BCUT2D eigenvalue weighted by atomic mass is 32.2. The molecule has 1 aromatic rings. The Balaban J connectivity index is 2.92. The molecule has 2 heterocycles. The Morgan fingerprint density at radius 2 is 2.00 bits per heavy atom. The molecule has 0 aliphatic carbocycles. The number of sulfone groups is 1. The minimum absolute atomic E-state index is 0.452. The molecule has 3 heteroatoms. The summed E-state index contributed by atoms with van der Waals surface area (Å²) in [6.07, 6.45) is 0. The third-order valence-corrected chi connectivity index (χ3v) is 3.65. The van der Waals surface area contributed by atoms with Crippen molar-refractivity contribution in [3.05, 3.63) is 23.8 Å². The lowest BCUT2D eigenvalue weighted by Crippen LogP contribution is -2.13. The molecule has 0 aromatic heterocycles. The van der Waals surface area contributed by atoms with E-state index in [1.165, 1.54) is 0 Å². The van der Waals surface area contributed by atoms with E-state index < -0.39 is 9.84 Å². The van der Waals surface area contributed by atoms with Crippen LogP contribution in [0.1, 0.15) is 5.56 Å². The average molecular weight is 154 g/mol. The maximum atomic E-state index is 11.1. The van der Waals surface area contributed by atoms with Crippen LogP contribution in [-0.4, -0.2) is 8.42 Å². The van der Waals surface area contributed by atoms with Crippen molar-refractivity contribution in [1.29, 1.82) is 0 Å². The third-order valence-electron chi connectivity index (χ3n) is 1.76. The number of benzene rings is 1. The second kappa shape index (κ2) is 1.42. The monoisotopic (exact) mass is 154 g/mol. The van der Waals surface area contributed by atoms with Gasteiger partial charge in [0.2, 0.25) is 9.84 Å². The Hall–Kier alpha value is -0.830. The normalized spacial score (nSPS) is 18.1. The second-order valence-electron chi connectivity index (χ2n) is 2.43. The first-order valence-corrected chi connectivity index (χ1v) is 4.46. The predicted octanol–water partition coefficient (Wildman–Crippen LogP) is 1.14. The number of aryl methyl sites for hydroxylation is 1. The minimum Gasteiger partial charge on any atom is -0.219 e. The summed E-state index contributed by atoms with van der Waals surface area (Å²) in [5.41, 5.74) is 0.843. The van der Waals surface area contributed by atoms with Gasteiger partial charge in [-0.15, -0.1) is 0 Å². The summed E-state index contributed by atoms with van der Waals surface area (Å²) in [5.74, 6) is 0. The van der Waals surface area contributed by atoms with Crippen LogP contribution in [0.15, 0.2) is 28.0 Å². The summed E-state index contributed by atoms with van der Waals surface area (Å²) >= 11 is 0. The molecule has 52 valence electrons. The highest BCUT2D eigenvalue weighted by molar-refractivity contribution is 7.92. The molecule has 0 N–H and O–H groups in total.